The Labute approximate surface area is 179 Å². The number of carboxylic acid groups (broad SMARTS) is 1. The van der Waals surface area contributed by atoms with Crippen molar-refractivity contribution in [3.05, 3.63) is 58.7 Å². The molecule has 0 saturated carbocycles. The number of carboxylic acids is 1. The van der Waals surface area contributed by atoms with Crippen LogP contribution >= 0.6 is 0 Å². The quantitative estimate of drug-likeness (QED) is 0.659. The Morgan fingerprint density at radius 2 is 1.78 bits per heavy atom. The molecule has 0 amide bonds. The summed E-state index contributed by atoms with van der Waals surface area (Å²) in [5, 5.41) is 9.29. The van der Waals surface area contributed by atoms with Crippen LogP contribution in [-0.4, -0.2) is 58.4 Å². The van der Waals surface area contributed by atoms with Gasteiger partial charge in [0.25, 0.3) is 0 Å². The third kappa shape index (κ3) is 3.04. The van der Waals surface area contributed by atoms with Gasteiger partial charge in [0.2, 0.25) is 11.4 Å². The lowest BCUT2D eigenvalue weighted by molar-refractivity contribution is 0.0695. The topological polar surface area (TPSA) is 101 Å². The molecule has 11 heteroatoms. The molecule has 1 aromatic carbocycles. The first kappa shape index (κ1) is 19.9. The summed E-state index contributed by atoms with van der Waals surface area (Å²) in [7, 11) is 0. The average molecular weight is 441 g/mol. The van der Waals surface area contributed by atoms with Crippen molar-refractivity contribution in [2.45, 2.75) is 0 Å². The predicted octanol–water partition coefficient (Wildman–Crippen LogP) is 1.96. The normalized spacial score (nSPS) is 15.8. The Kier molecular flexibility index (Phi) is 4.54. The molecule has 1 N–H and O–H groups in total. The van der Waals surface area contributed by atoms with E-state index in [1.54, 1.807) is 4.90 Å². The number of pyridine rings is 1. The van der Waals surface area contributed by atoms with E-state index in [0.717, 1.165) is 18.5 Å². The van der Waals surface area contributed by atoms with Crippen LogP contribution in [0.1, 0.15) is 10.4 Å². The molecule has 0 bridgehead atoms. The van der Waals surface area contributed by atoms with Gasteiger partial charge >= 0.3 is 5.97 Å². The zero-order valence-electron chi connectivity index (χ0n) is 16.7. The molecule has 2 aliphatic heterocycles. The minimum atomic E-state index is -1.40. The van der Waals surface area contributed by atoms with Crippen LogP contribution in [0, 0.1) is 11.6 Å². The number of aromatic carboxylic acids is 1. The van der Waals surface area contributed by atoms with E-state index in [1.165, 1.54) is 10.8 Å². The fourth-order valence-corrected chi connectivity index (χ4v) is 4.07. The Morgan fingerprint density at radius 3 is 2.44 bits per heavy atom. The minimum Gasteiger partial charge on any atom is -0.483 e. The first-order valence-electron chi connectivity index (χ1n) is 9.78. The predicted molar refractivity (Wildman–Crippen MR) is 112 cm³/mol. The summed E-state index contributed by atoms with van der Waals surface area (Å²) >= 11 is 0. The molecular formula is C21H17F2N5O4. The van der Waals surface area contributed by atoms with E-state index in [1.807, 2.05) is 4.90 Å². The van der Waals surface area contributed by atoms with Crippen molar-refractivity contribution in [1.29, 1.82) is 0 Å². The molecule has 0 spiro atoms. The molecule has 3 aromatic rings. The average Bonchev–Trinajstić information content (AvgIpc) is 2.78. The van der Waals surface area contributed by atoms with E-state index >= 15 is 4.39 Å². The zero-order valence-corrected chi connectivity index (χ0v) is 16.7. The molecule has 0 aliphatic carbocycles. The number of hydrogen-bond donors (Lipinski definition) is 1. The molecule has 2 aliphatic rings. The van der Waals surface area contributed by atoms with Crippen LogP contribution in [0.5, 0.6) is 5.75 Å². The Hall–Kier alpha value is -4.02. The number of halogens is 2. The van der Waals surface area contributed by atoms with Gasteiger partial charge in [-0.3, -0.25) is 4.79 Å². The first-order chi connectivity index (χ1) is 15.3. The maximum absolute atomic E-state index is 15.3. The number of nitrogens with zero attached hydrogens (tertiary/aromatic N) is 5. The second kappa shape index (κ2) is 7.29. The lowest BCUT2D eigenvalue weighted by Gasteiger charge is -2.37. The number of ether oxygens (including phenoxy) is 1. The minimum absolute atomic E-state index is 0.0177. The van der Waals surface area contributed by atoms with Gasteiger partial charge in [-0.25, -0.2) is 23.5 Å². The van der Waals surface area contributed by atoms with Crippen molar-refractivity contribution in [3.8, 4) is 5.75 Å². The molecule has 1 saturated heterocycles. The van der Waals surface area contributed by atoms with Gasteiger partial charge in [0.15, 0.2) is 17.4 Å². The third-order valence-corrected chi connectivity index (χ3v) is 5.61. The Morgan fingerprint density at radius 1 is 1.12 bits per heavy atom. The van der Waals surface area contributed by atoms with Gasteiger partial charge in [0, 0.05) is 32.4 Å². The van der Waals surface area contributed by atoms with Gasteiger partial charge in [-0.1, -0.05) is 6.58 Å². The van der Waals surface area contributed by atoms with Crippen LogP contribution in [-0.2, 0) is 0 Å². The van der Waals surface area contributed by atoms with Gasteiger partial charge in [0.1, 0.15) is 23.4 Å². The molecule has 5 rings (SSSR count). The third-order valence-electron chi connectivity index (χ3n) is 5.61. The van der Waals surface area contributed by atoms with E-state index in [4.69, 9.17) is 4.74 Å². The van der Waals surface area contributed by atoms with E-state index in [-0.39, 0.29) is 28.9 Å². The molecule has 164 valence electrons. The highest BCUT2D eigenvalue weighted by Crippen LogP contribution is 2.41. The number of anilines is 2. The van der Waals surface area contributed by atoms with Crippen molar-refractivity contribution < 1.29 is 23.4 Å². The first-order valence-corrected chi connectivity index (χ1v) is 9.78. The van der Waals surface area contributed by atoms with E-state index < -0.39 is 28.6 Å². The Bertz CT molecular complexity index is 1330. The highest BCUT2D eigenvalue weighted by atomic mass is 19.1. The highest BCUT2D eigenvalue weighted by molar-refractivity contribution is 5.99. The van der Waals surface area contributed by atoms with Gasteiger partial charge in [0.05, 0.1) is 23.5 Å². The van der Waals surface area contributed by atoms with E-state index in [2.05, 4.69) is 16.5 Å². The fraction of sp³-hybridized carbons (Fsp3) is 0.238. The molecular weight excluding hydrogens is 424 g/mol. The zero-order chi connectivity index (χ0) is 22.6. The molecule has 9 nitrogen and oxygen atoms in total. The summed E-state index contributed by atoms with van der Waals surface area (Å²) < 4.78 is 35.6. The highest BCUT2D eigenvalue weighted by Gasteiger charge is 2.30. The van der Waals surface area contributed by atoms with Gasteiger partial charge < -0.3 is 24.2 Å². The van der Waals surface area contributed by atoms with Crippen molar-refractivity contribution in [2.75, 3.05) is 42.6 Å². The second-order valence-corrected chi connectivity index (χ2v) is 7.51. The maximum atomic E-state index is 15.3. The summed E-state index contributed by atoms with van der Waals surface area (Å²) in [6.45, 7) is 5.61. The van der Waals surface area contributed by atoms with Crippen LogP contribution in [0.25, 0.3) is 16.6 Å². The summed E-state index contributed by atoms with van der Waals surface area (Å²) in [5.74, 6) is -2.05. The smallest absolute Gasteiger partial charge is 0.341 e. The van der Waals surface area contributed by atoms with Gasteiger partial charge in [-0.2, -0.15) is 0 Å². The van der Waals surface area contributed by atoms with Crippen LogP contribution in [0.15, 0.2) is 36.0 Å². The monoisotopic (exact) mass is 441 g/mol. The van der Waals surface area contributed by atoms with Crippen molar-refractivity contribution in [3.63, 3.8) is 0 Å². The lowest BCUT2D eigenvalue weighted by Crippen LogP contribution is -2.47. The summed E-state index contributed by atoms with van der Waals surface area (Å²) in [4.78, 5) is 35.8. The lowest BCUT2D eigenvalue weighted by atomic mass is 10.1. The van der Waals surface area contributed by atoms with Crippen molar-refractivity contribution in [1.82, 2.24) is 14.5 Å². The van der Waals surface area contributed by atoms with Gasteiger partial charge in [-0.15, -0.1) is 0 Å². The summed E-state index contributed by atoms with van der Waals surface area (Å²) in [6, 6.07) is 1.05. The molecule has 32 heavy (non-hydrogen) atoms. The van der Waals surface area contributed by atoms with Crippen LogP contribution in [0.4, 0.5) is 20.4 Å². The molecule has 1 fully saturated rings. The number of hydrogen-bond acceptors (Lipinski definition) is 7. The number of aromatic nitrogens is 3. The Balaban J connectivity index is 1.56. The fourth-order valence-electron chi connectivity index (χ4n) is 4.07. The summed E-state index contributed by atoms with van der Waals surface area (Å²) in [6.07, 6.45) is 3.38. The van der Waals surface area contributed by atoms with Crippen LogP contribution in [0.2, 0.25) is 0 Å². The molecule has 4 heterocycles. The maximum Gasteiger partial charge on any atom is 0.341 e. The number of carbonyl (C=O) groups is 1. The van der Waals surface area contributed by atoms with Crippen molar-refractivity contribution >= 4 is 34.2 Å². The number of benzene rings is 1. The number of piperazine rings is 1. The number of rotatable bonds is 3. The largest absolute Gasteiger partial charge is 0.483 e. The van der Waals surface area contributed by atoms with Crippen LogP contribution in [0.3, 0.4) is 0 Å². The second-order valence-electron chi connectivity index (χ2n) is 7.51. The standard InChI is InChI=1S/C21H17F2N5O4/c1-11-10-32-19-16-13(18(29)14(20(30)31)9-28(11)16)6-15(23)17(19)26-2-4-27(5-3-26)21-24-7-12(22)8-25-21/h6-9H,1-5,10H2,(H,30,31). The molecule has 0 unspecified atom stereocenters. The van der Waals surface area contributed by atoms with Crippen molar-refractivity contribution in [2.24, 2.45) is 0 Å². The van der Waals surface area contributed by atoms with E-state index in [9.17, 15) is 19.1 Å². The summed E-state index contributed by atoms with van der Waals surface area (Å²) in [5.41, 5.74) is -0.336. The van der Waals surface area contributed by atoms with Gasteiger partial charge in [-0.05, 0) is 6.07 Å². The van der Waals surface area contributed by atoms with E-state index in [0.29, 0.717) is 37.8 Å². The molecule has 0 atom stereocenters. The molecule has 0 radical (unpaired) electrons. The van der Waals surface area contributed by atoms with Crippen LogP contribution < -0.4 is 20.0 Å². The SMILES string of the molecule is C=C1COc2c(N3CCN(c4ncc(F)cn4)CC3)c(F)cc3c(=O)c(C(=O)O)cn1c23. The molecule has 2 aromatic heterocycles.